The summed E-state index contributed by atoms with van der Waals surface area (Å²) in [5, 5.41) is 3.47. The van der Waals surface area contributed by atoms with Gasteiger partial charge in [0.1, 0.15) is 17.3 Å². The molecular weight excluding hydrogens is 427 g/mol. The topological polar surface area (TPSA) is 33.7 Å². The van der Waals surface area contributed by atoms with E-state index < -0.39 is 0 Å². The van der Waals surface area contributed by atoms with E-state index in [0.29, 0.717) is 13.2 Å². The molecule has 2 aliphatic rings. The Bertz CT molecular complexity index is 1120. The summed E-state index contributed by atoms with van der Waals surface area (Å²) in [6.45, 7) is 4.62. The lowest BCUT2D eigenvalue weighted by molar-refractivity contribution is 0.195. The maximum absolute atomic E-state index is 13.9. The van der Waals surface area contributed by atoms with Crippen LogP contribution >= 0.6 is 0 Å². The van der Waals surface area contributed by atoms with E-state index in [9.17, 15) is 4.39 Å². The van der Waals surface area contributed by atoms with Crippen LogP contribution in [0.4, 0.5) is 4.39 Å². The van der Waals surface area contributed by atoms with Gasteiger partial charge >= 0.3 is 0 Å². The second kappa shape index (κ2) is 10.7. The number of nitrogens with one attached hydrogen (secondary N) is 1. The lowest BCUT2D eigenvalue weighted by Crippen LogP contribution is -2.31. The van der Waals surface area contributed by atoms with Crippen LogP contribution in [0.3, 0.4) is 0 Å². The number of rotatable bonds is 8. The molecule has 176 valence electrons. The Kier molecular flexibility index (Phi) is 7.10. The van der Waals surface area contributed by atoms with E-state index in [1.165, 1.54) is 38.4 Å². The highest BCUT2D eigenvalue weighted by molar-refractivity contribution is 5.89. The molecule has 3 aromatic rings. The van der Waals surface area contributed by atoms with Crippen molar-refractivity contribution in [2.24, 2.45) is 0 Å². The van der Waals surface area contributed by atoms with Gasteiger partial charge in [0, 0.05) is 24.2 Å². The fourth-order valence-electron chi connectivity index (χ4n) is 4.67. The standard InChI is InChI=1S/C29H31FN2O2/c30-24-12-15-27-23(20-24)21-31-28(29(27)33-19-7-18-32-16-5-2-6-17-32)22-10-13-26(14-11-22)34-25-8-3-1-4-9-25/h1,3-4,8-15,20,31H,2,5-7,16-19,21H2. The number of nitrogens with zero attached hydrogens (tertiary/aromatic N) is 1. The van der Waals surface area contributed by atoms with Crippen LogP contribution in [-0.4, -0.2) is 31.1 Å². The first-order valence-corrected chi connectivity index (χ1v) is 12.2. The number of ether oxygens (including phenoxy) is 2. The van der Waals surface area contributed by atoms with E-state index in [0.717, 1.165) is 52.6 Å². The Labute approximate surface area is 201 Å². The van der Waals surface area contributed by atoms with Gasteiger partial charge in [-0.05, 0) is 92.5 Å². The second-order valence-corrected chi connectivity index (χ2v) is 8.90. The first-order valence-electron chi connectivity index (χ1n) is 12.2. The molecule has 0 amide bonds. The number of benzene rings is 3. The summed E-state index contributed by atoms with van der Waals surface area (Å²) < 4.78 is 26.2. The van der Waals surface area contributed by atoms with E-state index in [-0.39, 0.29) is 5.82 Å². The van der Waals surface area contributed by atoms with Gasteiger partial charge in [-0.3, -0.25) is 0 Å². The smallest absolute Gasteiger partial charge is 0.150 e. The van der Waals surface area contributed by atoms with Crippen molar-refractivity contribution in [3.63, 3.8) is 0 Å². The monoisotopic (exact) mass is 458 g/mol. The normalized spacial score (nSPS) is 16.0. The molecule has 4 nitrogen and oxygen atoms in total. The van der Waals surface area contributed by atoms with Crippen LogP contribution in [-0.2, 0) is 11.3 Å². The molecule has 0 aromatic heterocycles. The molecule has 5 rings (SSSR count). The minimum absolute atomic E-state index is 0.226. The third kappa shape index (κ3) is 5.42. The molecule has 0 bridgehead atoms. The maximum atomic E-state index is 13.9. The molecule has 0 spiro atoms. The van der Waals surface area contributed by atoms with Crippen LogP contribution in [0, 0.1) is 5.82 Å². The van der Waals surface area contributed by atoms with Crippen molar-refractivity contribution in [1.29, 1.82) is 0 Å². The number of fused-ring (bicyclic) bond motifs is 1. The van der Waals surface area contributed by atoms with Crippen molar-refractivity contribution in [2.75, 3.05) is 26.2 Å². The number of hydrogen-bond acceptors (Lipinski definition) is 4. The minimum Gasteiger partial charge on any atom is -0.491 e. The molecule has 0 saturated carbocycles. The van der Waals surface area contributed by atoms with Gasteiger partial charge in [0.25, 0.3) is 0 Å². The summed E-state index contributed by atoms with van der Waals surface area (Å²) in [5.74, 6) is 2.14. The predicted molar refractivity (Wildman–Crippen MR) is 134 cm³/mol. The number of hydrogen-bond donors (Lipinski definition) is 1. The first-order chi connectivity index (χ1) is 16.8. The SMILES string of the molecule is Fc1ccc2c(c1)CNC(c1ccc(Oc3ccccc3)cc1)=C2OCCCN1CCCCC1. The number of para-hydroxylation sites is 1. The Morgan fingerprint density at radius 3 is 2.41 bits per heavy atom. The zero-order valence-electron chi connectivity index (χ0n) is 19.4. The lowest BCUT2D eigenvalue weighted by Gasteiger charge is -2.28. The van der Waals surface area contributed by atoms with Crippen molar-refractivity contribution in [3.05, 3.63) is 95.3 Å². The Morgan fingerprint density at radius 1 is 0.853 bits per heavy atom. The minimum atomic E-state index is -0.226. The molecule has 2 heterocycles. The highest BCUT2D eigenvalue weighted by atomic mass is 19.1. The predicted octanol–water partition coefficient (Wildman–Crippen LogP) is 6.44. The van der Waals surface area contributed by atoms with E-state index >= 15 is 0 Å². The first kappa shape index (κ1) is 22.5. The molecule has 1 fully saturated rings. The summed E-state index contributed by atoms with van der Waals surface area (Å²) in [7, 11) is 0. The van der Waals surface area contributed by atoms with E-state index in [4.69, 9.17) is 9.47 Å². The van der Waals surface area contributed by atoms with Gasteiger partial charge in [-0.25, -0.2) is 4.39 Å². The van der Waals surface area contributed by atoms with E-state index in [1.54, 1.807) is 6.07 Å². The zero-order chi connectivity index (χ0) is 23.2. The fraction of sp³-hybridized carbons (Fsp3) is 0.310. The number of halogens is 1. The molecule has 3 aromatic carbocycles. The fourth-order valence-corrected chi connectivity index (χ4v) is 4.67. The second-order valence-electron chi connectivity index (χ2n) is 8.90. The van der Waals surface area contributed by atoms with Gasteiger partial charge in [0.05, 0.1) is 12.3 Å². The molecule has 1 N–H and O–H groups in total. The summed E-state index contributed by atoms with van der Waals surface area (Å²) in [5.41, 5.74) is 3.82. The molecule has 0 aliphatic carbocycles. The van der Waals surface area contributed by atoms with Crippen molar-refractivity contribution >= 4 is 11.5 Å². The third-order valence-corrected chi connectivity index (χ3v) is 6.43. The van der Waals surface area contributed by atoms with Gasteiger partial charge in [-0.15, -0.1) is 0 Å². The Balaban J connectivity index is 1.34. The largest absolute Gasteiger partial charge is 0.491 e. The molecule has 1 saturated heterocycles. The number of likely N-dealkylation sites (tertiary alicyclic amines) is 1. The molecule has 5 heteroatoms. The summed E-state index contributed by atoms with van der Waals surface area (Å²) in [6, 6.07) is 22.7. The van der Waals surface area contributed by atoms with Crippen LogP contribution in [0.1, 0.15) is 42.4 Å². The average Bonchev–Trinajstić information content (AvgIpc) is 2.88. The van der Waals surface area contributed by atoms with E-state index in [2.05, 4.69) is 10.2 Å². The highest BCUT2D eigenvalue weighted by Crippen LogP contribution is 2.34. The van der Waals surface area contributed by atoms with Crippen molar-refractivity contribution in [2.45, 2.75) is 32.2 Å². The molecule has 34 heavy (non-hydrogen) atoms. The third-order valence-electron chi connectivity index (χ3n) is 6.43. The van der Waals surface area contributed by atoms with Gasteiger partial charge < -0.3 is 19.7 Å². The molecule has 2 aliphatic heterocycles. The average molecular weight is 459 g/mol. The van der Waals surface area contributed by atoms with Crippen LogP contribution < -0.4 is 10.1 Å². The van der Waals surface area contributed by atoms with Gasteiger partial charge in [0.15, 0.2) is 5.76 Å². The zero-order valence-corrected chi connectivity index (χ0v) is 19.4. The van der Waals surface area contributed by atoms with Crippen LogP contribution in [0.2, 0.25) is 0 Å². The van der Waals surface area contributed by atoms with Crippen LogP contribution in [0.15, 0.2) is 72.8 Å². The highest BCUT2D eigenvalue weighted by Gasteiger charge is 2.22. The van der Waals surface area contributed by atoms with Crippen molar-refractivity contribution < 1.29 is 13.9 Å². The summed E-state index contributed by atoms with van der Waals surface area (Å²) in [6.07, 6.45) is 4.90. The van der Waals surface area contributed by atoms with Crippen LogP contribution in [0.5, 0.6) is 11.5 Å². The molecule has 0 unspecified atom stereocenters. The van der Waals surface area contributed by atoms with Gasteiger partial charge in [0.2, 0.25) is 0 Å². The summed E-state index contributed by atoms with van der Waals surface area (Å²) >= 11 is 0. The lowest BCUT2D eigenvalue weighted by atomic mass is 9.97. The Hall–Kier alpha value is -3.31. The Morgan fingerprint density at radius 2 is 1.62 bits per heavy atom. The maximum Gasteiger partial charge on any atom is 0.150 e. The van der Waals surface area contributed by atoms with Gasteiger partial charge in [-0.2, -0.15) is 0 Å². The number of piperidine rings is 1. The summed E-state index contributed by atoms with van der Waals surface area (Å²) in [4.78, 5) is 2.52. The molecular formula is C29H31FN2O2. The molecule has 0 radical (unpaired) electrons. The quantitative estimate of drug-likeness (QED) is 0.394. The van der Waals surface area contributed by atoms with Crippen molar-refractivity contribution in [3.8, 4) is 11.5 Å². The van der Waals surface area contributed by atoms with Gasteiger partial charge in [-0.1, -0.05) is 24.6 Å². The van der Waals surface area contributed by atoms with Crippen molar-refractivity contribution in [1.82, 2.24) is 10.2 Å². The van der Waals surface area contributed by atoms with E-state index in [1.807, 2.05) is 60.7 Å². The molecule has 0 atom stereocenters. The van der Waals surface area contributed by atoms with Crippen LogP contribution in [0.25, 0.3) is 11.5 Å².